The largest absolute Gasteiger partial charge is 0.480 e. The van der Waals surface area contributed by atoms with E-state index >= 15 is 0 Å². The Balaban J connectivity index is 1.53. The number of aromatic nitrogens is 2. The second-order valence-corrected chi connectivity index (χ2v) is 5.25. The average molecular weight is 295 g/mol. The first-order valence-corrected chi connectivity index (χ1v) is 6.96. The Morgan fingerprint density at radius 3 is 2.82 bits per heavy atom. The number of amides is 1. The number of hydrogen-bond acceptors (Lipinski definition) is 3. The maximum Gasteiger partial charge on any atom is 0.323 e. The Labute approximate surface area is 125 Å². The van der Waals surface area contributed by atoms with Crippen LogP contribution in [0.15, 0.2) is 47.3 Å². The zero-order chi connectivity index (χ0) is 15.1. The van der Waals surface area contributed by atoms with Gasteiger partial charge in [0.15, 0.2) is 6.10 Å². The van der Waals surface area contributed by atoms with Gasteiger partial charge in [-0.3, -0.25) is 4.79 Å². The van der Waals surface area contributed by atoms with Crippen molar-refractivity contribution in [2.75, 3.05) is 5.32 Å². The average Bonchev–Trinajstić information content (AvgIpc) is 3.08. The van der Waals surface area contributed by atoms with Gasteiger partial charge in [-0.15, -0.1) is 0 Å². The van der Waals surface area contributed by atoms with E-state index in [1.807, 2.05) is 24.3 Å². The fourth-order valence-electron chi connectivity index (χ4n) is 2.66. The molecule has 0 radical (unpaired) electrons. The van der Waals surface area contributed by atoms with Gasteiger partial charge in [0.1, 0.15) is 5.75 Å². The standard InChI is InChI=1S/C16H13N3O3/c20-15(14-7-9-3-1-2-4-13(9)22-14)17-10-5-6-11-12(8-10)19-16(21)18-11/h1-6,8,14H,7H2,(H,17,20)(H2,18,19,21). The van der Waals surface area contributed by atoms with E-state index in [2.05, 4.69) is 15.3 Å². The highest BCUT2D eigenvalue weighted by molar-refractivity contribution is 5.96. The van der Waals surface area contributed by atoms with Crippen molar-refractivity contribution in [3.05, 3.63) is 58.5 Å². The minimum absolute atomic E-state index is 0.201. The third-order valence-electron chi connectivity index (χ3n) is 3.72. The summed E-state index contributed by atoms with van der Waals surface area (Å²) in [4.78, 5) is 28.9. The first-order chi connectivity index (χ1) is 10.7. The van der Waals surface area contributed by atoms with Gasteiger partial charge in [0.25, 0.3) is 5.91 Å². The number of nitrogens with one attached hydrogen (secondary N) is 3. The third-order valence-corrected chi connectivity index (χ3v) is 3.72. The van der Waals surface area contributed by atoms with E-state index in [4.69, 9.17) is 4.74 Å². The molecule has 6 heteroatoms. The summed E-state index contributed by atoms with van der Waals surface area (Å²) in [5.41, 5.74) is 2.74. The minimum atomic E-state index is -0.529. The molecule has 1 aliphatic rings. The van der Waals surface area contributed by atoms with Gasteiger partial charge >= 0.3 is 5.69 Å². The fourth-order valence-corrected chi connectivity index (χ4v) is 2.66. The minimum Gasteiger partial charge on any atom is -0.480 e. The van der Waals surface area contributed by atoms with Gasteiger partial charge in [-0.1, -0.05) is 18.2 Å². The highest BCUT2D eigenvalue weighted by Crippen LogP contribution is 2.28. The van der Waals surface area contributed by atoms with E-state index in [0.29, 0.717) is 23.1 Å². The van der Waals surface area contributed by atoms with Crippen molar-refractivity contribution < 1.29 is 9.53 Å². The molecule has 0 spiro atoms. The zero-order valence-electron chi connectivity index (χ0n) is 11.6. The maximum absolute atomic E-state index is 12.3. The summed E-state index contributed by atoms with van der Waals surface area (Å²) in [5, 5.41) is 2.82. The summed E-state index contributed by atoms with van der Waals surface area (Å²) in [6, 6.07) is 12.8. The topological polar surface area (TPSA) is 87.0 Å². The number of para-hydroxylation sites is 1. The lowest BCUT2D eigenvalue weighted by molar-refractivity contribution is -0.122. The summed E-state index contributed by atoms with van der Waals surface area (Å²) in [5.74, 6) is 0.557. The van der Waals surface area contributed by atoms with Crippen LogP contribution in [-0.4, -0.2) is 22.0 Å². The molecule has 4 rings (SSSR count). The lowest BCUT2D eigenvalue weighted by atomic mass is 10.1. The molecule has 1 aromatic heterocycles. The first kappa shape index (κ1) is 12.7. The van der Waals surface area contributed by atoms with Crippen LogP contribution in [0.4, 0.5) is 5.69 Å². The Bertz CT molecular complexity index is 901. The summed E-state index contributed by atoms with van der Waals surface area (Å²) >= 11 is 0. The SMILES string of the molecule is O=C(Nc1ccc2[nH]c(=O)[nH]c2c1)C1Cc2ccccc2O1. The zero-order valence-corrected chi connectivity index (χ0v) is 11.6. The molecule has 0 saturated carbocycles. The van der Waals surface area contributed by atoms with Gasteiger partial charge in [-0.05, 0) is 29.8 Å². The first-order valence-electron chi connectivity index (χ1n) is 6.96. The molecule has 22 heavy (non-hydrogen) atoms. The molecule has 3 aromatic rings. The Morgan fingerprint density at radius 1 is 1.14 bits per heavy atom. The van der Waals surface area contributed by atoms with Crippen LogP contribution in [-0.2, 0) is 11.2 Å². The van der Waals surface area contributed by atoms with Crippen LogP contribution in [0.3, 0.4) is 0 Å². The summed E-state index contributed by atoms with van der Waals surface area (Å²) < 4.78 is 5.66. The lowest BCUT2D eigenvalue weighted by Crippen LogP contribution is -2.31. The molecule has 0 aliphatic carbocycles. The van der Waals surface area contributed by atoms with Gasteiger partial charge in [-0.25, -0.2) is 4.79 Å². The third kappa shape index (κ3) is 2.14. The van der Waals surface area contributed by atoms with E-state index < -0.39 is 6.10 Å². The van der Waals surface area contributed by atoms with Crippen LogP contribution in [0.5, 0.6) is 5.75 Å². The van der Waals surface area contributed by atoms with E-state index in [-0.39, 0.29) is 11.6 Å². The number of hydrogen-bond donors (Lipinski definition) is 3. The molecule has 2 aromatic carbocycles. The number of fused-ring (bicyclic) bond motifs is 2. The molecule has 110 valence electrons. The number of imidazole rings is 1. The number of ether oxygens (including phenoxy) is 1. The summed E-state index contributed by atoms with van der Waals surface area (Å²) in [7, 11) is 0. The van der Waals surface area contributed by atoms with Crippen LogP contribution in [0.1, 0.15) is 5.56 Å². The number of carbonyl (C=O) groups is 1. The van der Waals surface area contributed by atoms with Crippen molar-refractivity contribution in [3.63, 3.8) is 0 Å². The second kappa shape index (κ2) is 4.77. The van der Waals surface area contributed by atoms with Crippen molar-refractivity contribution in [1.29, 1.82) is 0 Å². The van der Waals surface area contributed by atoms with Gasteiger partial charge in [-0.2, -0.15) is 0 Å². The van der Waals surface area contributed by atoms with E-state index in [0.717, 1.165) is 11.3 Å². The molecule has 0 saturated heterocycles. The van der Waals surface area contributed by atoms with Crippen LogP contribution in [0.25, 0.3) is 11.0 Å². The fraction of sp³-hybridized carbons (Fsp3) is 0.125. The number of carbonyl (C=O) groups excluding carboxylic acids is 1. The van der Waals surface area contributed by atoms with Gasteiger partial charge in [0.2, 0.25) is 0 Å². The van der Waals surface area contributed by atoms with E-state index in [1.54, 1.807) is 18.2 Å². The van der Waals surface area contributed by atoms with E-state index in [9.17, 15) is 9.59 Å². The predicted octanol–water partition coefficient (Wildman–Crippen LogP) is 1.80. The molecule has 1 atom stereocenters. The summed E-state index contributed by atoms with van der Waals surface area (Å²) in [6.07, 6.45) is 0.0315. The highest BCUT2D eigenvalue weighted by atomic mass is 16.5. The quantitative estimate of drug-likeness (QED) is 0.673. The molecule has 1 amide bonds. The number of anilines is 1. The molecular weight excluding hydrogens is 282 g/mol. The molecule has 0 bridgehead atoms. The Kier molecular flexibility index (Phi) is 2.75. The molecule has 6 nitrogen and oxygen atoms in total. The number of benzene rings is 2. The molecule has 1 unspecified atom stereocenters. The Morgan fingerprint density at radius 2 is 1.95 bits per heavy atom. The van der Waals surface area contributed by atoms with Crippen LogP contribution in [0.2, 0.25) is 0 Å². The molecular formula is C16H13N3O3. The van der Waals surface area contributed by atoms with Crippen LogP contribution in [0, 0.1) is 0 Å². The Hall–Kier alpha value is -3.02. The number of H-pyrrole nitrogens is 2. The van der Waals surface area contributed by atoms with Crippen LogP contribution < -0.4 is 15.7 Å². The smallest absolute Gasteiger partial charge is 0.323 e. The predicted molar refractivity (Wildman–Crippen MR) is 82.1 cm³/mol. The molecule has 1 aliphatic heterocycles. The van der Waals surface area contributed by atoms with Crippen molar-refractivity contribution in [1.82, 2.24) is 9.97 Å². The van der Waals surface area contributed by atoms with Gasteiger partial charge in [0, 0.05) is 12.1 Å². The molecule has 3 N–H and O–H groups in total. The van der Waals surface area contributed by atoms with E-state index in [1.165, 1.54) is 0 Å². The highest BCUT2D eigenvalue weighted by Gasteiger charge is 2.28. The second-order valence-electron chi connectivity index (χ2n) is 5.25. The van der Waals surface area contributed by atoms with Crippen molar-refractivity contribution >= 4 is 22.6 Å². The van der Waals surface area contributed by atoms with Gasteiger partial charge < -0.3 is 20.0 Å². The molecule has 0 fully saturated rings. The lowest BCUT2D eigenvalue weighted by Gasteiger charge is -2.11. The van der Waals surface area contributed by atoms with Crippen molar-refractivity contribution in [2.45, 2.75) is 12.5 Å². The maximum atomic E-state index is 12.3. The van der Waals surface area contributed by atoms with Gasteiger partial charge in [0.05, 0.1) is 11.0 Å². The molecule has 2 heterocycles. The normalized spacial score (nSPS) is 16.3. The monoisotopic (exact) mass is 295 g/mol. The number of aromatic amines is 2. The summed E-state index contributed by atoms with van der Waals surface area (Å²) in [6.45, 7) is 0. The van der Waals surface area contributed by atoms with Crippen molar-refractivity contribution in [3.8, 4) is 5.75 Å². The van der Waals surface area contributed by atoms with Crippen LogP contribution >= 0.6 is 0 Å². The van der Waals surface area contributed by atoms with Crippen molar-refractivity contribution in [2.24, 2.45) is 0 Å². The number of rotatable bonds is 2.